The highest BCUT2D eigenvalue weighted by Gasteiger charge is 2.11. The number of ether oxygens (including phenoxy) is 1. The minimum atomic E-state index is 0.568. The summed E-state index contributed by atoms with van der Waals surface area (Å²) in [6, 6.07) is 4.81. The number of nitrogens with zero attached hydrogens (tertiary/aromatic N) is 2. The third kappa shape index (κ3) is 5.17. The van der Waals surface area contributed by atoms with E-state index in [9.17, 15) is 0 Å². The van der Waals surface area contributed by atoms with E-state index in [0.717, 1.165) is 38.4 Å². The van der Waals surface area contributed by atoms with Crippen LogP contribution in [0.3, 0.4) is 0 Å². The van der Waals surface area contributed by atoms with E-state index >= 15 is 0 Å². The van der Waals surface area contributed by atoms with E-state index in [1.807, 2.05) is 6.20 Å². The Labute approximate surface area is 117 Å². The van der Waals surface area contributed by atoms with E-state index in [1.165, 1.54) is 5.56 Å². The number of aromatic nitrogens is 1. The van der Waals surface area contributed by atoms with E-state index in [0.29, 0.717) is 6.04 Å². The Balaban J connectivity index is 2.51. The maximum absolute atomic E-state index is 5.00. The lowest BCUT2D eigenvalue weighted by Gasteiger charge is -2.27. The van der Waals surface area contributed by atoms with Crippen LogP contribution in [0.25, 0.3) is 0 Å². The summed E-state index contributed by atoms with van der Waals surface area (Å²) < 4.78 is 5.00. The first-order valence-corrected chi connectivity index (χ1v) is 7.10. The molecule has 0 spiro atoms. The molecule has 0 amide bonds. The summed E-state index contributed by atoms with van der Waals surface area (Å²) in [5, 5.41) is 3.32. The summed E-state index contributed by atoms with van der Waals surface area (Å²) in [5.41, 5.74) is 1.21. The maximum Gasteiger partial charge on any atom is 0.128 e. The van der Waals surface area contributed by atoms with Crippen LogP contribution < -0.4 is 10.2 Å². The molecule has 4 heteroatoms. The number of rotatable bonds is 9. The molecular formula is C15H27N3O. The van der Waals surface area contributed by atoms with Gasteiger partial charge in [0.05, 0.1) is 6.61 Å². The molecule has 0 unspecified atom stereocenters. The number of hydrogen-bond donors (Lipinski definition) is 1. The number of pyridine rings is 1. The molecule has 1 rings (SSSR count). The second-order valence-corrected chi connectivity index (χ2v) is 4.78. The largest absolute Gasteiger partial charge is 0.383 e. The number of anilines is 1. The first kappa shape index (κ1) is 15.9. The minimum absolute atomic E-state index is 0.568. The van der Waals surface area contributed by atoms with Gasteiger partial charge in [0.25, 0.3) is 0 Å². The fourth-order valence-electron chi connectivity index (χ4n) is 2.16. The van der Waals surface area contributed by atoms with E-state index in [4.69, 9.17) is 4.74 Å². The summed E-state index contributed by atoms with van der Waals surface area (Å²) >= 11 is 0. The van der Waals surface area contributed by atoms with Gasteiger partial charge in [-0.25, -0.2) is 4.98 Å². The number of methoxy groups -OCH3 is 1. The smallest absolute Gasteiger partial charge is 0.128 e. The molecule has 4 nitrogen and oxygen atoms in total. The van der Waals surface area contributed by atoms with Crippen LogP contribution >= 0.6 is 0 Å². The van der Waals surface area contributed by atoms with E-state index in [2.05, 4.69) is 48.2 Å². The van der Waals surface area contributed by atoms with Crippen molar-refractivity contribution in [2.75, 3.05) is 32.2 Å². The lowest BCUT2D eigenvalue weighted by atomic mass is 10.1. The summed E-state index contributed by atoms with van der Waals surface area (Å²) in [4.78, 5) is 6.81. The molecule has 0 saturated heterocycles. The molecule has 0 radical (unpaired) electrons. The molecule has 0 bridgehead atoms. The first-order valence-electron chi connectivity index (χ1n) is 7.10. The molecule has 19 heavy (non-hydrogen) atoms. The van der Waals surface area contributed by atoms with Crippen molar-refractivity contribution < 1.29 is 4.74 Å². The Morgan fingerprint density at radius 1 is 1.32 bits per heavy atom. The molecule has 0 aliphatic carbocycles. The van der Waals surface area contributed by atoms with Crippen molar-refractivity contribution in [1.29, 1.82) is 0 Å². The molecule has 108 valence electrons. The second kappa shape index (κ2) is 8.88. The average molecular weight is 265 g/mol. The molecule has 1 heterocycles. The Morgan fingerprint density at radius 3 is 2.58 bits per heavy atom. The van der Waals surface area contributed by atoms with Gasteiger partial charge in [0, 0.05) is 39.5 Å². The van der Waals surface area contributed by atoms with Crippen LogP contribution in [0.1, 0.15) is 32.3 Å². The molecular weight excluding hydrogens is 238 g/mol. The van der Waals surface area contributed by atoms with Crippen LogP contribution in [0.15, 0.2) is 18.3 Å². The van der Waals surface area contributed by atoms with Crippen LogP contribution in [-0.4, -0.2) is 38.3 Å². The molecule has 1 aromatic rings. The van der Waals surface area contributed by atoms with Crippen molar-refractivity contribution in [3.63, 3.8) is 0 Å². The summed E-state index contributed by atoms with van der Waals surface area (Å²) in [6.07, 6.45) is 4.25. The van der Waals surface area contributed by atoms with Crippen molar-refractivity contribution >= 4 is 5.82 Å². The van der Waals surface area contributed by atoms with Crippen molar-refractivity contribution in [2.45, 2.75) is 39.3 Å². The number of hydrogen-bond acceptors (Lipinski definition) is 4. The summed E-state index contributed by atoms with van der Waals surface area (Å²) in [7, 11) is 3.84. The van der Waals surface area contributed by atoms with Gasteiger partial charge >= 0.3 is 0 Å². The molecule has 0 fully saturated rings. The van der Waals surface area contributed by atoms with Gasteiger partial charge in [-0.15, -0.1) is 0 Å². The molecule has 0 aliphatic heterocycles. The summed E-state index contributed by atoms with van der Waals surface area (Å²) in [5.74, 6) is 1.05. The van der Waals surface area contributed by atoms with Gasteiger partial charge in [0.1, 0.15) is 5.82 Å². The third-order valence-electron chi connectivity index (χ3n) is 3.47. The fraction of sp³-hybridized carbons (Fsp3) is 0.667. The van der Waals surface area contributed by atoms with Crippen molar-refractivity contribution in [1.82, 2.24) is 10.3 Å². The minimum Gasteiger partial charge on any atom is -0.383 e. The van der Waals surface area contributed by atoms with Gasteiger partial charge in [-0.1, -0.05) is 19.9 Å². The highest BCUT2D eigenvalue weighted by atomic mass is 16.5. The molecule has 0 atom stereocenters. The van der Waals surface area contributed by atoms with E-state index in [1.54, 1.807) is 7.11 Å². The van der Waals surface area contributed by atoms with Crippen LogP contribution in [-0.2, 0) is 11.3 Å². The van der Waals surface area contributed by atoms with Crippen molar-refractivity contribution in [2.24, 2.45) is 0 Å². The average Bonchev–Trinajstić information content (AvgIpc) is 2.45. The molecule has 1 N–H and O–H groups in total. The molecule has 0 aliphatic rings. The van der Waals surface area contributed by atoms with E-state index < -0.39 is 0 Å². The van der Waals surface area contributed by atoms with Crippen LogP contribution in [0.4, 0.5) is 5.82 Å². The monoisotopic (exact) mass is 265 g/mol. The standard InChI is InChI=1S/C15H27N3O/c1-5-14(6-2)18(3)15-8-7-13(12-17-15)11-16-9-10-19-4/h7-8,12,14,16H,5-6,9-11H2,1-4H3. The zero-order valence-corrected chi connectivity index (χ0v) is 12.6. The Hall–Kier alpha value is -1.13. The van der Waals surface area contributed by atoms with Gasteiger partial charge in [0.2, 0.25) is 0 Å². The van der Waals surface area contributed by atoms with Crippen molar-refractivity contribution in [3.8, 4) is 0 Å². The number of nitrogens with one attached hydrogen (secondary N) is 1. The van der Waals surface area contributed by atoms with Crippen LogP contribution in [0.5, 0.6) is 0 Å². The normalized spacial score (nSPS) is 11.0. The zero-order chi connectivity index (χ0) is 14.1. The van der Waals surface area contributed by atoms with Gasteiger partial charge in [-0.05, 0) is 24.5 Å². The summed E-state index contributed by atoms with van der Waals surface area (Å²) in [6.45, 7) is 6.89. The lowest BCUT2D eigenvalue weighted by Crippen LogP contribution is -2.31. The van der Waals surface area contributed by atoms with Crippen LogP contribution in [0, 0.1) is 0 Å². The van der Waals surface area contributed by atoms with Crippen molar-refractivity contribution in [3.05, 3.63) is 23.9 Å². The predicted octanol–water partition coefficient (Wildman–Crippen LogP) is 2.44. The van der Waals surface area contributed by atoms with Gasteiger partial charge in [-0.3, -0.25) is 0 Å². The predicted molar refractivity (Wildman–Crippen MR) is 80.6 cm³/mol. The van der Waals surface area contributed by atoms with E-state index in [-0.39, 0.29) is 0 Å². The van der Waals surface area contributed by atoms with Gasteiger partial charge in [-0.2, -0.15) is 0 Å². The Morgan fingerprint density at radius 2 is 2.05 bits per heavy atom. The zero-order valence-electron chi connectivity index (χ0n) is 12.6. The second-order valence-electron chi connectivity index (χ2n) is 4.78. The maximum atomic E-state index is 5.00. The fourth-order valence-corrected chi connectivity index (χ4v) is 2.16. The van der Waals surface area contributed by atoms with Gasteiger partial charge in [0.15, 0.2) is 0 Å². The SMILES string of the molecule is CCC(CC)N(C)c1ccc(CNCCOC)cn1. The van der Waals surface area contributed by atoms with Crippen LogP contribution in [0.2, 0.25) is 0 Å². The molecule has 1 aromatic heterocycles. The lowest BCUT2D eigenvalue weighted by molar-refractivity contribution is 0.199. The van der Waals surface area contributed by atoms with Gasteiger partial charge < -0.3 is 15.0 Å². The quantitative estimate of drug-likeness (QED) is 0.696. The third-order valence-corrected chi connectivity index (χ3v) is 3.47. The highest BCUT2D eigenvalue weighted by Crippen LogP contribution is 2.16. The topological polar surface area (TPSA) is 37.4 Å². The molecule has 0 aromatic carbocycles. The first-order chi connectivity index (χ1) is 9.22. The highest BCUT2D eigenvalue weighted by molar-refractivity contribution is 5.39. The Kier molecular flexibility index (Phi) is 7.45. The molecule has 0 saturated carbocycles. The Bertz CT molecular complexity index is 336.